The largest absolute Gasteiger partial charge is 0.310 e. The molecule has 128 valence electrons. The first kappa shape index (κ1) is 21.4. The molecule has 1 N–H and O–H groups in total. The van der Waals surface area contributed by atoms with Crippen LogP contribution in [0.3, 0.4) is 0 Å². The maximum atomic E-state index is 8.92. The van der Waals surface area contributed by atoms with Crippen molar-refractivity contribution in [2.24, 2.45) is 0 Å². The summed E-state index contributed by atoms with van der Waals surface area (Å²) in [4.78, 5) is 2.29. The molecular formula is C18H31N5. The van der Waals surface area contributed by atoms with Crippen molar-refractivity contribution in [3.05, 3.63) is 0 Å². The smallest absolute Gasteiger partial charge is 0.0635 e. The van der Waals surface area contributed by atoms with Crippen LogP contribution in [0.4, 0.5) is 0 Å². The summed E-state index contributed by atoms with van der Waals surface area (Å²) in [6.45, 7) is 10.8. The highest BCUT2D eigenvalue weighted by Crippen LogP contribution is 2.31. The molecule has 0 aliphatic heterocycles. The summed E-state index contributed by atoms with van der Waals surface area (Å²) in [7, 11) is 0. The van der Waals surface area contributed by atoms with Crippen LogP contribution in [0.2, 0.25) is 0 Å². The molecule has 0 saturated carbocycles. The van der Waals surface area contributed by atoms with Crippen LogP contribution >= 0.6 is 0 Å². The molecule has 0 spiro atoms. The number of rotatable bonds is 12. The van der Waals surface area contributed by atoms with Crippen LogP contribution in [0.25, 0.3) is 0 Å². The quantitative estimate of drug-likeness (QED) is 0.558. The Hall–Kier alpha value is -1.61. The average Bonchev–Trinajstić information content (AvgIpc) is 2.55. The summed E-state index contributed by atoms with van der Waals surface area (Å²) in [6, 6.07) is 6.60. The predicted octanol–water partition coefficient (Wildman–Crippen LogP) is 3.35. The number of nitriles is 3. The SMILES string of the molecule is CCC(C)(CC(C)(CC)N(CCC#N)CCC#N)NCCC#N. The molecule has 0 amide bonds. The van der Waals surface area contributed by atoms with Gasteiger partial charge in [-0.2, -0.15) is 15.8 Å². The van der Waals surface area contributed by atoms with Gasteiger partial charge in [-0.15, -0.1) is 0 Å². The van der Waals surface area contributed by atoms with Gasteiger partial charge in [0.2, 0.25) is 0 Å². The van der Waals surface area contributed by atoms with Gasteiger partial charge in [-0.05, 0) is 33.1 Å². The van der Waals surface area contributed by atoms with Crippen LogP contribution in [-0.2, 0) is 0 Å². The summed E-state index contributed by atoms with van der Waals surface area (Å²) in [5, 5.41) is 30.1. The summed E-state index contributed by atoms with van der Waals surface area (Å²) in [6.07, 6.45) is 4.31. The van der Waals surface area contributed by atoms with E-state index in [4.69, 9.17) is 15.8 Å². The van der Waals surface area contributed by atoms with Crippen LogP contribution in [0.1, 0.15) is 66.2 Å². The zero-order valence-electron chi connectivity index (χ0n) is 15.2. The van der Waals surface area contributed by atoms with Gasteiger partial charge in [0.05, 0.1) is 18.2 Å². The molecule has 0 saturated heterocycles. The van der Waals surface area contributed by atoms with Crippen molar-refractivity contribution in [3.63, 3.8) is 0 Å². The van der Waals surface area contributed by atoms with E-state index in [1.54, 1.807) is 0 Å². The maximum Gasteiger partial charge on any atom is 0.0635 e. The molecule has 0 rings (SSSR count). The Balaban J connectivity index is 5.14. The number of hydrogen-bond donors (Lipinski definition) is 1. The van der Waals surface area contributed by atoms with Gasteiger partial charge in [0.1, 0.15) is 0 Å². The van der Waals surface area contributed by atoms with Gasteiger partial charge in [-0.3, -0.25) is 4.90 Å². The lowest BCUT2D eigenvalue weighted by Crippen LogP contribution is -2.55. The van der Waals surface area contributed by atoms with E-state index in [-0.39, 0.29) is 11.1 Å². The van der Waals surface area contributed by atoms with Crippen LogP contribution in [0, 0.1) is 34.0 Å². The molecule has 23 heavy (non-hydrogen) atoms. The van der Waals surface area contributed by atoms with E-state index >= 15 is 0 Å². The fourth-order valence-corrected chi connectivity index (χ4v) is 3.06. The van der Waals surface area contributed by atoms with Gasteiger partial charge >= 0.3 is 0 Å². The van der Waals surface area contributed by atoms with Crippen LogP contribution in [0.5, 0.6) is 0 Å². The van der Waals surface area contributed by atoms with Crippen molar-refractivity contribution >= 4 is 0 Å². The summed E-state index contributed by atoms with van der Waals surface area (Å²) in [5.74, 6) is 0. The summed E-state index contributed by atoms with van der Waals surface area (Å²) in [5.41, 5.74) is -0.128. The van der Waals surface area contributed by atoms with E-state index in [1.807, 2.05) is 0 Å². The van der Waals surface area contributed by atoms with Crippen molar-refractivity contribution in [1.82, 2.24) is 10.2 Å². The lowest BCUT2D eigenvalue weighted by Gasteiger charge is -2.46. The topological polar surface area (TPSA) is 86.6 Å². The maximum absolute atomic E-state index is 8.92. The number of nitrogens with zero attached hydrogens (tertiary/aromatic N) is 4. The molecule has 5 nitrogen and oxygen atoms in total. The first-order chi connectivity index (χ1) is 10.9. The molecule has 0 aromatic rings. The lowest BCUT2D eigenvalue weighted by molar-refractivity contribution is 0.0632. The van der Waals surface area contributed by atoms with Gasteiger partial charge < -0.3 is 5.32 Å². The molecule has 0 aromatic heterocycles. The molecule has 0 heterocycles. The third kappa shape index (κ3) is 7.47. The highest BCUT2D eigenvalue weighted by atomic mass is 15.2. The molecule has 5 heteroatoms. The fourth-order valence-electron chi connectivity index (χ4n) is 3.06. The molecule has 0 bridgehead atoms. The number of nitrogens with one attached hydrogen (secondary N) is 1. The summed E-state index contributed by atoms with van der Waals surface area (Å²) >= 11 is 0. The molecule has 0 aromatic carbocycles. The first-order valence-electron chi connectivity index (χ1n) is 8.52. The van der Waals surface area contributed by atoms with Crippen molar-refractivity contribution in [1.29, 1.82) is 15.8 Å². The van der Waals surface area contributed by atoms with E-state index in [0.717, 1.165) is 19.3 Å². The minimum atomic E-state index is -0.0713. The Bertz CT molecular complexity index is 438. The van der Waals surface area contributed by atoms with Gasteiger partial charge in [0.15, 0.2) is 0 Å². The van der Waals surface area contributed by atoms with Crippen molar-refractivity contribution in [2.75, 3.05) is 19.6 Å². The minimum absolute atomic E-state index is 0.0564. The molecule has 0 aliphatic rings. The normalized spacial score (nSPS) is 15.9. The Morgan fingerprint density at radius 2 is 1.39 bits per heavy atom. The van der Waals surface area contributed by atoms with E-state index in [1.165, 1.54) is 0 Å². The molecular weight excluding hydrogens is 286 g/mol. The third-order valence-electron chi connectivity index (χ3n) is 4.85. The monoisotopic (exact) mass is 317 g/mol. The van der Waals surface area contributed by atoms with E-state index < -0.39 is 0 Å². The standard InChI is InChI=1S/C18H31N5/c1-5-17(3,22-13-7-10-19)16-18(4,6-2)23(14-8-11-20)15-9-12-21/h22H,5-9,13-16H2,1-4H3. The van der Waals surface area contributed by atoms with Gasteiger partial charge in [0.25, 0.3) is 0 Å². The second kappa shape index (κ2) is 11.0. The Kier molecular flexibility index (Phi) is 10.2. The highest BCUT2D eigenvalue weighted by molar-refractivity contribution is 4.97. The first-order valence-corrected chi connectivity index (χ1v) is 8.52. The average molecular weight is 317 g/mol. The van der Waals surface area contributed by atoms with Crippen LogP contribution < -0.4 is 5.32 Å². The van der Waals surface area contributed by atoms with E-state index in [9.17, 15) is 0 Å². The van der Waals surface area contributed by atoms with E-state index in [2.05, 4.69) is 56.1 Å². The molecule has 0 fully saturated rings. The fraction of sp³-hybridized carbons (Fsp3) is 0.833. The highest BCUT2D eigenvalue weighted by Gasteiger charge is 2.36. The predicted molar refractivity (Wildman–Crippen MR) is 92.3 cm³/mol. The van der Waals surface area contributed by atoms with Crippen molar-refractivity contribution < 1.29 is 0 Å². The third-order valence-corrected chi connectivity index (χ3v) is 4.85. The lowest BCUT2D eigenvalue weighted by atomic mass is 9.79. The Morgan fingerprint density at radius 1 is 0.870 bits per heavy atom. The second-order valence-corrected chi connectivity index (χ2v) is 6.58. The van der Waals surface area contributed by atoms with Gasteiger partial charge in [0, 0.05) is 50.0 Å². The Labute approximate surface area is 141 Å². The van der Waals surface area contributed by atoms with Crippen LogP contribution in [-0.4, -0.2) is 35.6 Å². The van der Waals surface area contributed by atoms with Gasteiger partial charge in [-0.1, -0.05) is 13.8 Å². The molecule has 0 radical (unpaired) electrons. The van der Waals surface area contributed by atoms with E-state index in [0.29, 0.717) is 38.9 Å². The van der Waals surface area contributed by atoms with Crippen LogP contribution in [0.15, 0.2) is 0 Å². The second-order valence-electron chi connectivity index (χ2n) is 6.58. The summed E-state index contributed by atoms with van der Waals surface area (Å²) < 4.78 is 0. The molecule has 2 unspecified atom stereocenters. The van der Waals surface area contributed by atoms with Gasteiger partial charge in [-0.25, -0.2) is 0 Å². The zero-order valence-corrected chi connectivity index (χ0v) is 15.2. The number of hydrogen-bond acceptors (Lipinski definition) is 5. The Morgan fingerprint density at radius 3 is 1.78 bits per heavy atom. The zero-order chi connectivity index (χ0) is 17.8. The van der Waals surface area contributed by atoms with Crippen molar-refractivity contribution in [2.45, 2.75) is 77.3 Å². The minimum Gasteiger partial charge on any atom is -0.310 e. The molecule has 2 atom stereocenters. The van der Waals surface area contributed by atoms with Crippen molar-refractivity contribution in [3.8, 4) is 18.2 Å². The molecule has 0 aliphatic carbocycles.